The van der Waals surface area contributed by atoms with Gasteiger partial charge in [-0.05, 0) is 30.3 Å². The van der Waals surface area contributed by atoms with Crippen LogP contribution < -0.4 is 0 Å². The van der Waals surface area contributed by atoms with Crippen molar-refractivity contribution in [3.05, 3.63) is 57.5 Å². The van der Waals surface area contributed by atoms with Gasteiger partial charge < -0.3 is 9.52 Å². The molecule has 0 fully saturated rings. The van der Waals surface area contributed by atoms with Crippen LogP contribution in [0, 0.1) is 0 Å². The fourth-order valence-electron chi connectivity index (χ4n) is 1.35. The maximum absolute atomic E-state index is 12.0. The fraction of sp³-hybridized carbons (Fsp3) is 0. The van der Waals surface area contributed by atoms with Crippen molar-refractivity contribution < 1.29 is 19.1 Å². The molecule has 0 bridgehead atoms. The van der Waals surface area contributed by atoms with Gasteiger partial charge in [0.05, 0.1) is 10.0 Å². The lowest BCUT2D eigenvalue weighted by molar-refractivity contribution is 0.0660. The van der Waals surface area contributed by atoms with Crippen LogP contribution in [0.25, 0.3) is 0 Å². The van der Waals surface area contributed by atoms with Crippen molar-refractivity contribution in [3.63, 3.8) is 0 Å². The van der Waals surface area contributed by atoms with Gasteiger partial charge in [0.1, 0.15) is 0 Å². The number of halogens is 2. The van der Waals surface area contributed by atoms with Crippen molar-refractivity contribution in [3.8, 4) is 0 Å². The Bertz CT molecular complexity index is 631. The second-order valence-corrected chi connectivity index (χ2v) is 4.24. The summed E-state index contributed by atoms with van der Waals surface area (Å²) in [5.74, 6) is -2.05. The molecule has 2 rings (SSSR count). The normalized spacial score (nSPS) is 10.3. The summed E-state index contributed by atoms with van der Waals surface area (Å²) in [7, 11) is 0. The highest BCUT2D eigenvalue weighted by atomic mass is 35.5. The third-order valence-corrected chi connectivity index (χ3v) is 2.96. The second kappa shape index (κ2) is 4.84. The van der Waals surface area contributed by atoms with Gasteiger partial charge in [-0.3, -0.25) is 4.79 Å². The second-order valence-electron chi connectivity index (χ2n) is 3.43. The van der Waals surface area contributed by atoms with Gasteiger partial charge in [-0.2, -0.15) is 0 Å². The molecule has 0 aliphatic carbocycles. The third-order valence-electron chi connectivity index (χ3n) is 2.22. The largest absolute Gasteiger partial charge is 0.475 e. The molecule has 1 heterocycles. The molecule has 0 amide bonds. The minimum atomic E-state index is -1.23. The molecule has 18 heavy (non-hydrogen) atoms. The molecule has 0 saturated carbocycles. The zero-order valence-electron chi connectivity index (χ0n) is 8.81. The summed E-state index contributed by atoms with van der Waals surface area (Å²) in [6.45, 7) is 0. The quantitative estimate of drug-likeness (QED) is 0.876. The van der Waals surface area contributed by atoms with Crippen LogP contribution in [-0.2, 0) is 0 Å². The average molecular weight is 285 g/mol. The molecule has 0 spiro atoms. The van der Waals surface area contributed by atoms with E-state index in [-0.39, 0.29) is 22.1 Å². The molecule has 4 nitrogen and oxygen atoms in total. The van der Waals surface area contributed by atoms with E-state index in [0.29, 0.717) is 5.02 Å². The molecule has 1 aromatic heterocycles. The lowest BCUT2D eigenvalue weighted by atomic mass is 10.1. The summed E-state index contributed by atoms with van der Waals surface area (Å²) in [6.07, 6.45) is 0. The summed E-state index contributed by atoms with van der Waals surface area (Å²) >= 11 is 11.5. The van der Waals surface area contributed by atoms with Gasteiger partial charge >= 0.3 is 5.97 Å². The average Bonchev–Trinajstić information content (AvgIpc) is 2.81. The van der Waals surface area contributed by atoms with Crippen LogP contribution >= 0.6 is 23.2 Å². The number of ketones is 1. The van der Waals surface area contributed by atoms with Gasteiger partial charge in [-0.25, -0.2) is 4.79 Å². The zero-order valence-corrected chi connectivity index (χ0v) is 10.3. The van der Waals surface area contributed by atoms with E-state index < -0.39 is 11.8 Å². The van der Waals surface area contributed by atoms with Crippen LogP contribution in [0.3, 0.4) is 0 Å². The highest BCUT2D eigenvalue weighted by Crippen LogP contribution is 2.24. The van der Waals surface area contributed by atoms with E-state index in [0.717, 1.165) is 0 Å². The Morgan fingerprint density at radius 3 is 2.22 bits per heavy atom. The Morgan fingerprint density at radius 2 is 1.67 bits per heavy atom. The number of carboxylic acid groups (broad SMARTS) is 1. The van der Waals surface area contributed by atoms with Gasteiger partial charge in [-0.1, -0.05) is 23.2 Å². The molecule has 0 aliphatic rings. The molecular weight excluding hydrogens is 279 g/mol. The molecule has 0 aliphatic heterocycles. The van der Waals surface area contributed by atoms with Gasteiger partial charge in [0.15, 0.2) is 5.76 Å². The number of carboxylic acids is 1. The van der Waals surface area contributed by atoms with Gasteiger partial charge in [-0.15, -0.1) is 0 Å². The van der Waals surface area contributed by atoms with Gasteiger partial charge in [0, 0.05) is 5.56 Å². The lowest BCUT2D eigenvalue weighted by Crippen LogP contribution is -2.00. The monoisotopic (exact) mass is 284 g/mol. The molecule has 0 radical (unpaired) electrons. The molecule has 0 saturated heterocycles. The van der Waals surface area contributed by atoms with Crippen LogP contribution in [0.4, 0.5) is 0 Å². The van der Waals surface area contributed by atoms with Crippen molar-refractivity contribution in [2.75, 3.05) is 0 Å². The smallest absolute Gasteiger partial charge is 0.371 e. The number of aromatic carboxylic acids is 1. The summed E-state index contributed by atoms with van der Waals surface area (Å²) in [5, 5.41) is 9.26. The fourth-order valence-corrected chi connectivity index (χ4v) is 1.65. The maximum Gasteiger partial charge on any atom is 0.371 e. The number of benzene rings is 1. The topological polar surface area (TPSA) is 67.5 Å². The SMILES string of the molecule is O=C(O)c1ccc(C(=O)c2ccc(Cl)c(Cl)c2)o1. The number of carbonyl (C=O) groups is 2. The number of hydrogen-bond acceptors (Lipinski definition) is 3. The summed E-state index contributed by atoms with van der Waals surface area (Å²) in [4.78, 5) is 22.6. The van der Waals surface area contributed by atoms with Crippen molar-refractivity contribution in [1.29, 1.82) is 0 Å². The molecule has 2 aromatic rings. The Labute approximate surface area is 112 Å². The highest BCUT2D eigenvalue weighted by molar-refractivity contribution is 6.42. The molecule has 0 atom stereocenters. The predicted octanol–water partition coefficient (Wildman–Crippen LogP) is 3.52. The molecule has 92 valence electrons. The predicted molar refractivity (Wildman–Crippen MR) is 65.6 cm³/mol. The van der Waals surface area contributed by atoms with E-state index >= 15 is 0 Å². The van der Waals surface area contributed by atoms with E-state index in [1.165, 1.54) is 30.3 Å². The standard InChI is InChI=1S/C12H6Cl2O4/c13-7-2-1-6(5-8(7)14)11(15)9-3-4-10(18-9)12(16)17/h1-5H,(H,16,17). The molecule has 0 unspecified atom stereocenters. The number of rotatable bonds is 3. The summed E-state index contributed by atoms with van der Waals surface area (Å²) in [5.41, 5.74) is 0.274. The molecule has 6 heteroatoms. The highest BCUT2D eigenvalue weighted by Gasteiger charge is 2.17. The van der Waals surface area contributed by atoms with Crippen molar-refractivity contribution in [2.24, 2.45) is 0 Å². The van der Waals surface area contributed by atoms with E-state index in [1.54, 1.807) is 0 Å². The first-order valence-corrected chi connectivity index (χ1v) is 5.57. The number of furan rings is 1. The number of carbonyl (C=O) groups excluding carboxylic acids is 1. The Morgan fingerprint density at radius 1 is 1.00 bits per heavy atom. The molecular formula is C12H6Cl2O4. The van der Waals surface area contributed by atoms with Gasteiger partial charge in [0.2, 0.25) is 11.5 Å². The van der Waals surface area contributed by atoms with Crippen LogP contribution in [0.2, 0.25) is 10.0 Å². The van der Waals surface area contributed by atoms with Crippen LogP contribution in [-0.4, -0.2) is 16.9 Å². The Hall–Kier alpha value is -1.78. The lowest BCUT2D eigenvalue weighted by Gasteiger charge is -2.00. The summed E-state index contributed by atoms with van der Waals surface area (Å²) in [6, 6.07) is 6.88. The van der Waals surface area contributed by atoms with Crippen molar-refractivity contribution in [1.82, 2.24) is 0 Å². The van der Waals surface area contributed by atoms with E-state index in [9.17, 15) is 9.59 Å². The Balaban J connectivity index is 2.35. The Kier molecular flexibility index (Phi) is 3.41. The first-order chi connectivity index (χ1) is 8.49. The third kappa shape index (κ3) is 2.39. The first kappa shape index (κ1) is 12.7. The van der Waals surface area contributed by atoms with E-state index in [1.807, 2.05) is 0 Å². The van der Waals surface area contributed by atoms with Gasteiger partial charge in [0.25, 0.3) is 0 Å². The van der Waals surface area contributed by atoms with E-state index in [2.05, 4.69) is 0 Å². The first-order valence-electron chi connectivity index (χ1n) is 4.82. The van der Waals surface area contributed by atoms with Crippen molar-refractivity contribution in [2.45, 2.75) is 0 Å². The van der Waals surface area contributed by atoms with Crippen LogP contribution in [0.1, 0.15) is 26.7 Å². The number of hydrogen-bond donors (Lipinski definition) is 1. The van der Waals surface area contributed by atoms with Crippen LogP contribution in [0.5, 0.6) is 0 Å². The summed E-state index contributed by atoms with van der Waals surface area (Å²) < 4.78 is 4.91. The minimum Gasteiger partial charge on any atom is -0.475 e. The molecule has 1 N–H and O–H groups in total. The minimum absolute atomic E-state index is 0.0641. The van der Waals surface area contributed by atoms with Crippen LogP contribution in [0.15, 0.2) is 34.7 Å². The zero-order chi connectivity index (χ0) is 13.3. The maximum atomic E-state index is 12.0. The van der Waals surface area contributed by atoms with Crippen molar-refractivity contribution >= 4 is 35.0 Å². The molecule has 1 aromatic carbocycles. The van der Waals surface area contributed by atoms with E-state index in [4.69, 9.17) is 32.7 Å².